The van der Waals surface area contributed by atoms with Gasteiger partial charge in [-0.3, -0.25) is 0 Å². The van der Waals surface area contributed by atoms with Gasteiger partial charge < -0.3 is 29.9 Å². The summed E-state index contributed by atoms with van der Waals surface area (Å²) in [4.78, 5) is 0. The lowest BCUT2D eigenvalue weighted by atomic mass is 10.0. The highest BCUT2D eigenvalue weighted by atomic mass is 19.1. The normalized spacial score (nSPS) is 26.2. The van der Waals surface area contributed by atoms with Gasteiger partial charge in [-0.1, -0.05) is 0 Å². The van der Waals surface area contributed by atoms with Gasteiger partial charge in [0.1, 0.15) is 18.3 Å². The van der Waals surface area contributed by atoms with E-state index in [4.69, 9.17) is 24.8 Å². The van der Waals surface area contributed by atoms with Gasteiger partial charge in [0, 0.05) is 0 Å². The lowest BCUT2D eigenvalue weighted by molar-refractivity contribution is -0.170. The van der Waals surface area contributed by atoms with Gasteiger partial charge in [-0.2, -0.15) is 0 Å². The van der Waals surface area contributed by atoms with Gasteiger partial charge in [-0.15, -0.1) is 0 Å². The van der Waals surface area contributed by atoms with Crippen molar-refractivity contribution in [2.75, 3.05) is 19.8 Å². The Labute approximate surface area is 85.9 Å². The van der Waals surface area contributed by atoms with Crippen LogP contribution < -0.4 is 0 Å². The van der Waals surface area contributed by atoms with Gasteiger partial charge in [0.25, 0.3) is 0 Å². The summed E-state index contributed by atoms with van der Waals surface area (Å²) in [6, 6.07) is 0. The summed E-state index contributed by atoms with van der Waals surface area (Å²) in [7, 11) is 0. The number of alkyl halides is 1. The van der Waals surface area contributed by atoms with Crippen LogP contribution in [-0.4, -0.2) is 71.0 Å². The van der Waals surface area contributed by atoms with E-state index >= 15 is 0 Å². The molecule has 7 heteroatoms. The lowest BCUT2D eigenvalue weighted by Crippen LogP contribution is -2.47. The van der Waals surface area contributed by atoms with E-state index in [0.717, 1.165) is 0 Å². The molecule has 6 nitrogen and oxygen atoms in total. The Bertz CT molecular complexity index is 186. The molecule has 0 aliphatic carbocycles. The van der Waals surface area contributed by atoms with Crippen molar-refractivity contribution in [1.29, 1.82) is 0 Å². The Hall–Kier alpha value is -0.310. The van der Waals surface area contributed by atoms with Crippen molar-refractivity contribution >= 4 is 0 Å². The fourth-order valence-corrected chi connectivity index (χ4v) is 1.25. The molecule has 1 fully saturated rings. The van der Waals surface area contributed by atoms with Gasteiger partial charge in [0.2, 0.25) is 0 Å². The van der Waals surface area contributed by atoms with Gasteiger partial charge in [-0.05, 0) is 0 Å². The van der Waals surface area contributed by atoms with Gasteiger partial charge in [0.05, 0.1) is 19.8 Å². The smallest absolute Gasteiger partial charge is 0.186 e. The van der Waals surface area contributed by atoms with Crippen LogP contribution in [0.5, 0.6) is 0 Å². The average molecular weight is 226 g/mol. The second-order valence-corrected chi connectivity index (χ2v) is 3.29. The third kappa shape index (κ3) is 3.07. The highest BCUT2D eigenvalue weighted by molar-refractivity contribution is 4.83. The summed E-state index contributed by atoms with van der Waals surface area (Å²) < 4.78 is 23.0. The Morgan fingerprint density at radius 2 is 1.73 bits per heavy atom. The van der Waals surface area contributed by atoms with Gasteiger partial charge >= 0.3 is 0 Å². The Morgan fingerprint density at radius 1 is 1.20 bits per heavy atom. The molecule has 1 saturated heterocycles. The zero-order valence-corrected chi connectivity index (χ0v) is 7.99. The Morgan fingerprint density at radius 3 is 2.20 bits per heavy atom. The summed E-state index contributed by atoms with van der Waals surface area (Å²) in [6.45, 7) is -0.305. The molecule has 1 aliphatic rings. The van der Waals surface area contributed by atoms with Crippen molar-refractivity contribution in [3.05, 3.63) is 0 Å². The molecule has 0 bridgehead atoms. The summed E-state index contributed by atoms with van der Waals surface area (Å²) in [5.74, 6) is 0. The molecule has 15 heavy (non-hydrogen) atoms. The van der Waals surface area contributed by atoms with Crippen LogP contribution in [0.15, 0.2) is 0 Å². The molecule has 0 aromatic rings. The molecule has 0 aromatic carbocycles. The Kier molecular flexibility index (Phi) is 4.84. The minimum Gasteiger partial charge on any atom is -0.394 e. The van der Waals surface area contributed by atoms with E-state index in [-0.39, 0.29) is 13.2 Å². The number of halogens is 1. The van der Waals surface area contributed by atoms with E-state index in [1.807, 2.05) is 0 Å². The Balaban J connectivity index is 2.46. The fraction of sp³-hybridized carbons (Fsp3) is 1.00. The zero-order valence-electron chi connectivity index (χ0n) is 7.99. The minimum absolute atomic E-state index is 0.243. The minimum atomic E-state index is -2.14. The fourth-order valence-electron chi connectivity index (χ4n) is 1.25. The van der Waals surface area contributed by atoms with Gasteiger partial charge in [-0.25, -0.2) is 4.39 Å². The van der Waals surface area contributed by atoms with Crippen LogP contribution in [0.2, 0.25) is 0 Å². The molecule has 0 amide bonds. The van der Waals surface area contributed by atoms with Crippen LogP contribution in [-0.2, 0) is 9.47 Å². The van der Waals surface area contributed by atoms with Crippen LogP contribution in [0.3, 0.4) is 0 Å². The number of rotatable bonds is 5. The van der Waals surface area contributed by atoms with E-state index in [0.29, 0.717) is 0 Å². The first-order chi connectivity index (χ1) is 7.07. The van der Waals surface area contributed by atoms with Crippen LogP contribution >= 0.6 is 0 Å². The number of ether oxygens (including phenoxy) is 2. The molecule has 0 unspecified atom stereocenters. The molecule has 0 spiro atoms. The zero-order chi connectivity index (χ0) is 11.4. The molecule has 0 saturated carbocycles. The van der Waals surface area contributed by atoms with Crippen molar-refractivity contribution in [2.24, 2.45) is 0 Å². The van der Waals surface area contributed by atoms with Crippen LogP contribution in [0.1, 0.15) is 0 Å². The quantitative estimate of drug-likeness (QED) is 0.423. The van der Waals surface area contributed by atoms with Crippen LogP contribution in [0, 0.1) is 0 Å². The largest absolute Gasteiger partial charge is 0.394 e. The summed E-state index contributed by atoms with van der Waals surface area (Å²) in [5, 5.41) is 36.0. The first-order valence-electron chi connectivity index (χ1n) is 4.60. The number of aliphatic hydroxyl groups is 4. The second kappa shape index (κ2) is 5.69. The molecule has 1 rings (SSSR count). The molecule has 0 aromatic heterocycles. The van der Waals surface area contributed by atoms with Crippen LogP contribution in [0.25, 0.3) is 0 Å². The van der Waals surface area contributed by atoms with Crippen LogP contribution in [0.4, 0.5) is 4.39 Å². The summed E-state index contributed by atoms with van der Waals surface area (Å²) in [5.41, 5.74) is 0. The average Bonchev–Trinajstić information content (AvgIpc) is 2.78. The molecule has 4 N–H and O–H groups in total. The van der Waals surface area contributed by atoms with E-state index in [2.05, 4.69) is 0 Å². The molecular formula is C8H15FO6. The van der Waals surface area contributed by atoms with E-state index in [1.165, 1.54) is 0 Å². The number of hydrogen-bond acceptors (Lipinski definition) is 6. The maximum atomic E-state index is 13.3. The molecule has 1 heterocycles. The highest BCUT2D eigenvalue weighted by Crippen LogP contribution is 2.17. The number of hydrogen-bond donors (Lipinski definition) is 4. The first kappa shape index (κ1) is 12.8. The molecule has 1 aliphatic heterocycles. The van der Waals surface area contributed by atoms with Crippen molar-refractivity contribution < 1.29 is 34.3 Å². The van der Waals surface area contributed by atoms with Crippen molar-refractivity contribution in [3.63, 3.8) is 0 Å². The topological polar surface area (TPSA) is 99.4 Å². The van der Waals surface area contributed by atoms with Crippen molar-refractivity contribution in [3.8, 4) is 0 Å². The third-order valence-corrected chi connectivity index (χ3v) is 2.16. The first-order valence-corrected chi connectivity index (χ1v) is 4.60. The predicted octanol–water partition coefficient (Wildman–Crippen LogP) is -2.23. The standard InChI is InChI=1S/C8H15FO6/c9-5(6(12)4(11)3-10)7(13)8-14-1-2-15-8/h4-8,10-13H,1-3H2/t4-,5+,6-,7-/m1/s1. The summed E-state index contributed by atoms with van der Waals surface area (Å²) in [6.07, 6.45) is -8.49. The maximum absolute atomic E-state index is 13.3. The second-order valence-electron chi connectivity index (χ2n) is 3.29. The van der Waals surface area contributed by atoms with Crippen molar-refractivity contribution in [2.45, 2.75) is 30.8 Å². The summed E-state index contributed by atoms with van der Waals surface area (Å²) >= 11 is 0. The molecule has 4 atom stereocenters. The predicted molar refractivity (Wildman–Crippen MR) is 45.7 cm³/mol. The van der Waals surface area contributed by atoms with Crippen molar-refractivity contribution in [1.82, 2.24) is 0 Å². The molecule has 90 valence electrons. The maximum Gasteiger partial charge on any atom is 0.186 e. The molecule has 0 radical (unpaired) electrons. The van der Waals surface area contributed by atoms with Gasteiger partial charge in [0.15, 0.2) is 12.5 Å². The SMILES string of the molecule is OC[C@@H](O)[C@@H](O)[C@H](F)[C@@H](O)C1OCCO1. The monoisotopic (exact) mass is 226 g/mol. The number of aliphatic hydroxyl groups excluding tert-OH is 4. The molecular weight excluding hydrogens is 211 g/mol. The third-order valence-electron chi connectivity index (χ3n) is 2.16. The lowest BCUT2D eigenvalue weighted by Gasteiger charge is -2.26. The highest BCUT2D eigenvalue weighted by Gasteiger charge is 2.38. The van der Waals surface area contributed by atoms with E-state index < -0.39 is 37.4 Å². The van der Waals surface area contributed by atoms with E-state index in [9.17, 15) is 9.50 Å². The van der Waals surface area contributed by atoms with E-state index in [1.54, 1.807) is 0 Å².